The predicted octanol–water partition coefficient (Wildman–Crippen LogP) is 3.81. The number of ether oxygens (including phenoxy) is 6. The lowest BCUT2D eigenvalue weighted by atomic mass is 10.0. The first-order valence-corrected chi connectivity index (χ1v) is 10.3. The second kappa shape index (κ2) is 12.3. The molecule has 0 amide bonds. The average molecular weight is 456 g/mol. The second-order valence-corrected chi connectivity index (χ2v) is 6.98. The summed E-state index contributed by atoms with van der Waals surface area (Å²) in [5.41, 5.74) is 1.13. The Kier molecular flexibility index (Phi) is 9.17. The number of hydrogen-bond donors (Lipinski definition) is 0. The Hall–Kier alpha value is -3.01. The lowest BCUT2D eigenvalue weighted by Crippen LogP contribution is -2.34. The van der Waals surface area contributed by atoms with Crippen LogP contribution in [0.4, 0.5) is 0 Å². The number of methoxy groups -OCH3 is 3. The summed E-state index contributed by atoms with van der Waals surface area (Å²) in [6, 6.07) is 20.0. The van der Waals surface area contributed by atoms with Crippen LogP contribution in [0, 0.1) is 0 Å². The predicted molar refractivity (Wildman–Crippen MR) is 120 cm³/mol. The van der Waals surface area contributed by atoms with Gasteiger partial charge in [0, 0.05) is 33.0 Å². The Morgan fingerprint density at radius 1 is 0.818 bits per heavy atom. The van der Waals surface area contributed by atoms with E-state index in [2.05, 4.69) is 0 Å². The molecule has 176 valence electrons. The summed E-state index contributed by atoms with van der Waals surface area (Å²) in [6.45, 7) is 0.213. The van der Waals surface area contributed by atoms with E-state index < -0.39 is 11.2 Å². The molecule has 0 unspecified atom stereocenters. The summed E-state index contributed by atoms with van der Waals surface area (Å²) in [5.74, 6) is -1.18. The molecule has 0 radical (unpaired) electrons. The zero-order valence-corrected chi connectivity index (χ0v) is 18.9. The van der Waals surface area contributed by atoms with Gasteiger partial charge in [-0.25, -0.2) is 0 Å². The number of hydrogen-bond acceptors (Lipinski definition) is 8. The van der Waals surface area contributed by atoms with E-state index in [-0.39, 0.29) is 44.1 Å². The Labute approximate surface area is 192 Å². The van der Waals surface area contributed by atoms with Crippen molar-refractivity contribution in [3.05, 3.63) is 99.6 Å². The Morgan fingerprint density at radius 3 is 2.12 bits per heavy atom. The van der Waals surface area contributed by atoms with Crippen molar-refractivity contribution in [2.75, 3.05) is 34.9 Å². The third kappa shape index (κ3) is 6.07. The van der Waals surface area contributed by atoms with Gasteiger partial charge in [0.2, 0.25) is 16.9 Å². The molecule has 33 heavy (non-hydrogen) atoms. The van der Waals surface area contributed by atoms with Gasteiger partial charge in [-0.2, -0.15) is 0 Å². The van der Waals surface area contributed by atoms with Crippen LogP contribution in [0.3, 0.4) is 0 Å². The SMILES string of the molecule is COCOCOCc1cc(=O)c(OCc2ccccc2)c(C(OC)(OC)c2ccccc2)o1. The number of rotatable bonds is 13. The molecule has 0 N–H and O–H groups in total. The van der Waals surface area contributed by atoms with Crippen LogP contribution in [-0.4, -0.2) is 34.9 Å². The van der Waals surface area contributed by atoms with Crippen LogP contribution in [-0.2, 0) is 42.7 Å². The third-order valence-corrected chi connectivity index (χ3v) is 4.82. The van der Waals surface area contributed by atoms with Crippen molar-refractivity contribution in [2.45, 2.75) is 19.0 Å². The highest BCUT2D eigenvalue weighted by atomic mass is 16.7. The average Bonchev–Trinajstić information content (AvgIpc) is 2.86. The zero-order chi connectivity index (χ0) is 23.5. The highest BCUT2D eigenvalue weighted by Gasteiger charge is 2.42. The normalized spacial score (nSPS) is 11.5. The molecule has 0 saturated heterocycles. The van der Waals surface area contributed by atoms with Gasteiger partial charge < -0.3 is 32.8 Å². The first-order chi connectivity index (χ1) is 16.1. The van der Waals surface area contributed by atoms with Crippen molar-refractivity contribution in [3.63, 3.8) is 0 Å². The van der Waals surface area contributed by atoms with E-state index in [1.807, 2.05) is 60.7 Å². The lowest BCUT2D eigenvalue weighted by Gasteiger charge is -2.31. The lowest BCUT2D eigenvalue weighted by molar-refractivity contribution is -0.197. The van der Waals surface area contributed by atoms with Gasteiger partial charge in [-0.3, -0.25) is 4.79 Å². The molecule has 0 saturated carbocycles. The molecule has 8 heteroatoms. The van der Waals surface area contributed by atoms with Crippen molar-refractivity contribution in [1.29, 1.82) is 0 Å². The Bertz CT molecular complexity index is 1030. The van der Waals surface area contributed by atoms with E-state index in [1.54, 1.807) is 0 Å². The summed E-state index contributed by atoms with van der Waals surface area (Å²) >= 11 is 0. The maximum absolute atomic E-state index is 13.1. The Morgan fingerprint density at radius 2 is 1.48 bits per heavy atom. The van der Waals surface area contributed by atoms with Gasteiger partial charge in [-0.05, 0) is 5.56 Å². The van der Waals surface area contributed by atoms with Crippen LogP contribution in [0.2, 0.25) is 0 Å². The minimum atomic E-state index is -1.52. The molecule has 1 aromatic heterocycles. The van der Waals surface area contributed by atoms with Crippen LogP contribution in [0.1, 0.15) is 22.6 Å². The smallest absolute Gasteiger partial charge is 0.259 e. The largest absolute Gasteiger partial charge is 0.481 e. The molecule has 0 aliphatic rings. The van der Waals surface area contributed by atoms with E-state index in [9.17, 15) is 4.79 Å². The fourth-order valence-corrected chi connectivity index (χ4v) is 3.30. The van der Waals surface area contributed by atoms with Crippen LogP contribution in [0.15, 0.2) is 75.9 Å². The van der Waals surface area contributed by atoms with E-state index >= 15 is 0 Å². The molecule has 8 nitrogen and oxygen atoms in total. The second-order valence-electron chi connectivity index (χ2n) is 6.98. The highest BCUT2D eigenvalue weighted by Crippen LogP contribution is 2.38. The summed E-state index contributed by atoms with van der Waals surface area (Å²) in [6.07, 6.45) is 0. The van der Waals surface area contributed by atoms with Gasteiger partial charge in [-0.15, -0.1) is 0 Å². The first-order valence-electron chi connectivity index (χ1n) is 10.3. The van der Waals surface area contributed by atoms with Crippen molar-refractivity contribution >= 4 is 0 Å². The maximum atomic E-state index is 13.1. The summed E-state index contributed by atoms with van der Waals surface area (Å²) in [5, 5.41) is 0. The molecular weight excluding hydrogens is 428 g/mol. The minimum absolute atomic E-state index is 0.00853. The Balaban J connectivity index is 2.01. The van der Waals surface area contributed by atoms with Crippen molar-refractivity contribution in [3.8, 4) is 5.75 Å². The molecular formula is C25H28O8. The summed E-state index contributed by atoms with van der Waals surface area (Å²) < 4.78 is 39.0. The molecule has 1 heterocycles. The van der Waals surface area contributed by atoms with Crippen molar-refractivity contribution in [1.82, 2.24) is 0 Å². The molecule has 0 atom stereocenters. The quantitative estimate of drug-likeness (QED) is 0.284. The molecule has 0 fully saturated rings. The highest BCUT2D eigenvalue weighted by molar-refractivity contribution is 5.38. The van der Waals surface area contributed by atoms with Crippen molar-refractivity contribution in [2.24, 2.45) is 0 Å². The third-order valence-electron chi connectivity index (χ3n) is 4.82. The summed E-state index contributed by atoms with van der Waals surface area (Å²) in [7, 11) is 4.45. The van der Waals surface area contributed by atoms with Crippen LogP contribution >= 0.6 is 0 Å². The molecule has 0 aliphatic heterocycles. The van der Waals surface area contributed by atoms with Crippen LogP contribution in [0.5, 0.6) is 5.75 Å². The van der Waals surface area contributed by atoms with E-state index in [0.29, 0.717) is 5.56 Å². The monoisotopic (exact) mass is 456 g/mol. The maximum Gasteiger partial charge on any atom is 0.259 e. The topological polar surface area (TPSA) is 85.6 Å². The first kappa shape index (κ1) is 24.6. The molecule has 3 aromatic rings. The van der Waals surface area contributed by atoms with Gasteiger partial charge in [0.15, 0.2) is 0 Å². The van der Waals surface area contributed by atoms with Gasteiger partial charge in [0.1, 0.15) is 32.6 Å². The molecule has 2 aromatic carbocycles. The van der Waals surface area contributed by atoms with Crippen molar-refractivity contribution < 1.29 is 32.8 Å². The van der Waals surface area contributed by atoms with E-state index in [0.717, 1.165) is 5.56 Å². The molecule has 0 spiro atoms. The molecule has 3 rings (SSSR count). The number of benzene rings is 2. The van der Waals surface area contributed by atoms with Gasteiger partial charge in [0.05, 0.1) is 0 Å². The molecule has 0 bridgehead atoms. The fourth-order valence-electron chi connectivity index (χ4n) is 3.30. The van der Waals surface area contributed by atoms with Crippen LogP contribution in [0.25, 0.3) is 0 Å². The van der Waals surface area contributed by atoms with E-state index in [4.69, 9.17) is 32.8 Å². The fraction of sp³-hybridized carbons (Fsp3) is 0.320. The van der Waals surface area contributed by atoms with Gasteiger partial charge in [-0.1, -0.05) is 60.7 Å². The molecule has 0 aliphatic carbocycles. The minimum Gasteiger partial charge on any atom is -0.481 e. The van der Waals surface area contributed by atoms with E-state index in [1.165, 1.54) is 27.4 Å². The standard InChI is InChI=1S/C25H28O8/c1-27-17-31-18-30-16-21-14-22(26)23(32-15-19-10-6-4-7-11-19)24(33-21)25(28-2,29-3)20-12-8-5-9-13-20/h4-14H,15-18H2,1-3H3. The summed E-state index contributed by atoms with van der Waals surface area (Å²) in [4.78, 5) is 13.1. The van der Waals surface area contributed by atoms with Gasteiger partial charge in [0.25, 0.3) is 5.79 Å². The zero-order valence-electron chi connectivity index (χ0n) is 18.9. The van der Waals surface area contributed by atoms with Crippen LogP contribution < -0.4 is 10.2 Å². The van der Waals surface area contributed by atoms with Gasteiger partial charge >= 0.3 is 0 Å².